The average molecular weight is 549 g/mol. The van der Waals surface area contributed by atoms with Crippen LogP contribution in [0.15, 0.2) is 36.4 Å². The van der Waals surface area contributed by atoms with Gasteiger partial charge in [-0.15, -0.1) is 0 Å². The summed E-state index contributed by atoms with van der Waals surface area (Å²) in [7, 11) is 0. The number of hydrogen-bond acceptors (Lipinski definition) is 9. The maximum atomic E-state index is 13.6. The summed E-state index contributed by atoms with van der Waals surface area (Å²) < 4.78 is 17.9. The van der Waals surface area contributed by atoms with Crippen molar-refractivity contribution >= 4 is 22.3 Å². The van der Waals surface area contributed by atoms with Gasteiger partial charge in [0.1, 0.15) is 17.6 Å². The predicted octanol–water partition coefficient (Wildman–Crippen LogP) is 3.82. The van der Waals surface area contributed by atoms with Crippen molar-refractivity contribution in [3.8, 4) is 11.5 Å². The largest absolute Gasteiger partial charge is 0.507 e. The molecule has 2 heterocycles. The number of carbonyl (C=O) groups is 2. The SMILES string of the molecule is Cc1cc(O)c2c3c(ccc2c1)C(=O)c1c(ccc([C@H]2C[C@@H](O)[C@H](O[C@H]4CC[C@@H](O)[C@H](C)O4)[C@@H](C)O2)c1O)C3=O. The second-order valence-electron chi connectivity index (χ2n) is 11.1. The van der Waals surface area contributed by atoms with Gasteiger partial charge in [0, 0.05) is 40.5 Å². The predicted molar refractivity (Wildman–Crippen MR) is 144 cm³/mol. The highest BCUT2D eigenvalue weighted by atomic mass is 16.7. The molecule has 1 aliphatic carbocycles. The number of ketones is 2. The Bertz CT molecular complexity index is 1520. The summed E-state index contributed by atoms with van der Waals surface area (Å²) >= 11 is 0. The molecular weight excluding hydrogens is 516 g/mol. The van der Waals surface area contributed by atoms with Crippen LogP contribution in [0.2, 0.25) is 0 Å². The van der Waals surface area contributed by atoms with Gasteiger partial charge in [-0.1, -0.05) is 18.2 Å². The van der Waals surface area contributed by atoms with Gasteiger partial charge < -0.3 is 34.6 Å². The highest BCUT2D eigenvalue weighted by molar-refractivity contribution is 6.33. The van der Waals surface area contributed by atoms with Crippen LogP contribution in [-0.4, -0.2) is 68.8 Å². The van der Waals surface area contributed by atoms with E-state index in [1.165, 1.54) is 12.1 Å². The first-order chi connectivity index (χ1) is 19.0. The number of rotatable bonds is 3. The lowest BCUT2D eigenvalue weighted by Crippen LogP contribution is -2.49. The summed E-state index contributed by atoms with van der Waals surface area (Å²) in [6, 6.07) is 9.63. The van der Waals surface area contributed by atoms with Crippen molar-refractivity contribution in [1.29, 1.82) is 0 Å². The molecule has 7 atom stereocenters. The molecule has 2 saturated heterocycles. The zero-order valence-electron chi connectivity index (χ0n) is 22.5. The molecule has 0 amide bonds. The van der Waals surface area contributed by atoms with Gasteiger partial charge in [0.25, 0.3) is 0 Å². The average Bonchev–Trinajstić information content (AvgIpc) is 2.90. The molecule has 3 aromatic rings. The number of aliphatic hydroxyl groups excluding tert-OH is 2. The van der Waals surface area contributed by atoms with E-state index in [-0.39, 0.29) is 51.8 Å². The third-order valence-electron chi connectivity index (χ3n) is 8.33. The number of phenolic OH excluding ortho intramolecular Hbond substituents is 2. The fourth-order valence-electron chi connectivity index (χ4n) is 6.25. The number of carbonyl (C=O) groups excluding carboxylic acids is 2. The van der Waals surface area contributed by atoms with Crippen molar-refractivity contribution in [1.82, 2.24) is 0 Å². The summed E-state index contributed by atoms with van der Waals surface area (Å²) in [5, 5.41) is 43.8. The fraction of sp³-hybridized carbons (Fsp3) is 0.419. The second-order valence-corrected chi connectivity index (χ2v) is 11.1. The third kappa shape index (κ3) is 4.29. The van der Waals surface area contributed by atoms with Crippen LogP contribution >= 0.6 is 0 Å². The minimum atomic E-state index is -0.953. The van der Waals surface area contributed by atoms with Gasteiger partial charge in [-0.05, 0) is 56.3 Å². The van der Waals surface area contributed by atoms with Crippen molar-refractivity contribution in [2.45, 2.75) is 82.9 Å². The zero-order valence-corrected chi connectivity index (χ0v) is 22.5. The van der Waals surface area contributed by atoms with Gasteiger partial charge in [0.05, 0.1) is 36.1 Å². The Morgan fingerprint density at radius 2 is 1.55 bits per heavy atom. The van der Waals surface area contributed by atoms with Gasteiger partial charge in [-0.25, -0.2) is 0 Å². The third-order valence-corrected chi connectivity index (χ3v) is 8.33. The van der Waals surface area contributed by atoms with E-state index < -0.39 is 48.4 Å². The molecule has 4 N–H and O–H groups in total. The number of phenols is 2. The number of benzene rings is 3. The summed E-state index contributed by atoms with van der Waals surface area (Å²) in [5.74, 6) is -1.44. The van der Waals surface area contributed by atoms with Crippen LogP contribution in [0.4, 0.5) is 0 Å². The molecule has 2 fully saturated rings. The van der Waals surface area contributed by atoms with Crippen LogP contribution < -0.4 is 0 Å². The molecule has 6 rings (SSSR count). The first-order valence-electron chi connectivity index (χ1n) is 13.6. The van der Waals surface area contributed by atoms with Gasteiger partial charge in [0.2, 0.25) is 0 Å². The topological polar surface area (TPSA) is 143 Å². The van der Waals surface area contributed by atoms with E-state index in [2.05, 4.69) is 0 Å². The molecule has 210 valence electrons. The molecule has 0 saturated carbocycles. The Morgan fingerprint density at radius 3 is 2.27 bits per heavy atom. The summed E-state index contributed by atoms with van der Waals surface area (Å²) in [4.78, 5) is 27.3. The molecule has 0 unspecified atom stereocenters. The maximum absolute atomic E-state index is 13.6. The quantitative estimate of drug-likeness (QED) is 0.300. The van der Waals surface area contributed by atoms with E-state index in [4.69, 9.17) is 14.2 Å². The van der Waals surface area contributed by atoms with Gasteiger partial charge in [-0.2, -0.15) is 0 Å². The molecule has 9 heteroatoms. The molecule has 3 aliphatic rings. The highest BCUT2D eigenvalue weighted by Gasteiger charge is 2.42. The number of aryl methyl sites for hydroxylation is 1. The van der Waals surface area contributed by atoms with E-state index in [0.29, 0.717) is 23.6 Å². The van der Waals surface area contributed by atoms with Crippen LogP contribution in [-0.2, 0) is 14.2 Å². The monoisotopic (exact) mass is 548 g/mol. The second kappa shape index (κ2) is 9.94. The van der Waals surface area contributed by atoms with E-state index >= 15 is 0 Å². The Morgan fingerprint density at radius 1 is 0.850 bits per heavy atom. The number of aliphatic hydroxyl groups is 2. The van der Waals surface area contributed by atoms with Crippen molar-refractivity contribution in [3.63, 3.8) is 0 Å². The number of hydrogen-bond donors (Lipinski definition) is 4. The van der Waals surface area contributed by atoms with Crippen molar-refractivity contribution in [2.24, 2.45) is 0 Å². The number of aromatic hydroxyl groups is 2. The van der Waals surface area contributed by atoms with E-state index in [1.807, 2.05) is 13.0 Å². The molecule has 0 bridgehead atoms. The van der Waals surface area contributed by atoms with E-state index in [0.717, 1.165) is 5.56 Å². The lowest BCUT2D eigenvalue weighted by atomic mass is 9.79. The minimum Gasteiger partial charge on any atom is -0.507 e. The normalized spacial score (nSPS) is 30.3. The summed E-state index contributed by atoms with van der Waals surface area (Å²) in [5.41, 5.74) is 1.26. The number of fused-ring (bicyclic) bond motifs is 4. The standard InChI is InChI=1S/C31H32O9/c1-13-10-16-4-5-18-26(25(16)21(33)11-13)29(36)19-7-6-17(28(35)27(19)30(18)37)23-12-22(34)31(15(3)38-23)40-24-9-8-20(32)14(2)39-24/h4-7,10-11,14-15,20,22-24,31-35H,8-9,12H2,1-3H3/t14-,15+,20+,22+,23+,24-,31+/m0/s1. The van der Waals surface area contributed by atoms with Crippen LogP contribution in [0.5, 0.6) is 11.5 Å². The minimum absolute atomic E-state index is 0.0441. The Balaban J connectivity index is 1.29. The Kier molecular flexibility index (Phi) is 6.67. The van der Waals surface area contributed by atoms with Crippen molar-refractivity contribution in [2.75, 3.05) is 0 Å². The summed E-state index contributed by atoms with van der Waals surface area (Å²) in [6.45, 7) is 5.35. The molecule has 0 radical (unpaired) electrons. The maximum Gasteiger partial charge on any atom is 0.198 e. The zero-order chi connectivity index (χ0) is 28.5. The van der Waals surface area contributed by atoms with Crippen molar-refractivity contribution < 1.29 is 44.2 Å². The van der Waals surface area contributed by atoms with Crippen LogP contribution in [0.1, 0.15) is 82.2 Å². The first-order valence-corrected chi connectivity index (χ1v) is 13.6. The lowest BCUT2D eigenvalue weighted by Gasteiger charge is -2.41. The van der Waals surface area contributed by atoms with E-state index in [1.54, 1.807) is 32.0 Å². The first kappa shape index (κ1) is 26.9. The Hall–Kier alpha value is -3.34. The summed E-state index contributed by atoms with van der Waals surface area (Å²) in [6.07, 6.45) is -3.40. The molecule has 0 aromatic heterocycles. The smallest absolute Gasteiger partial charge is 0.198 e. The van der Waals surface area contributed by atoms with Gasteiger partial charge in [-0.3, -0.25) is 9.59 Å². The molecule has 3 aromatic carbocycles. The van der Waals surface area contributed by atoms with Gasteiger partial charge >= 0.3 is 0 Å². The molecule has 2 aliphatic heterocycles. The van der Waals surface area contributed by atoms with Gasteiger partial charge in [0.15, 0.2) is 17.9 Å². The Labute approximate surface area is 230 Å². The van der Waals surface area contributed by atoms with Crippen LogP contribution in [0, 0.1) is 6.92 Å². The fourth-order valence-corrected chi connectivity index (χ4v) is 6.25. The number of ether oxygens (including phenoxy) is 3. The lowest BCUT2D eigenvalue weighted by molar-refractivity contribution is -0.279. The molecule has 9 nitrogen and oxygen atoms in total. The highest BCUT2D eigenvalue weighted by Crippen LogP contribution is 2.44. The van der Waals surface area contributed by atoms with Crippen molar-refractivity contribution in [3.05, 3.63) is 69.8 Å². The van der Waals surface area contributed by atoms with Crippen LogP contribution in [0.3, 0.4) is 0 Å². The molecule has 40 heavy (non-hydrogen) atoms. The van der Waals surface area contributed by atoms with Crippen LogP contribution in [0.25, 0.3) is 10.8 Å². The molecule has 0 spiro atoms. The molecular formula is C31H32O9. The van der Waals surface area contributed by atoms with E-state index in [9.17, 15) is 30.0 Å².